The second-order valence-electron chi connectivity index (χ2n) is 11.5. The van der Waals surface area contributed by atoms with Gasteiger partial charge in [0.25, 0.3) is 23.6 Å². The predicted octanol–water partition coefficient (Wildman–Crippen LogP) is 3.56. The van der Waals surface area contributed by atoms with E-state index in [1.165, 1.54) is 41.3 Å². The van der Waals surface area contributed by atoms with Crippen LogP contribution >= 0.6 is 0 Å². The molecular weight excluding hydrogens is 492 g/mol. The van der Waals surface area contributed by atoms with Gasteiger partial charge in [-0.3, -0.25) is 29.0 Å². The van der Waals surface area contributed by atoms with Crippen LogP contribution in [-0.2, 0) is 0 Å². The molecule has 196 valence electrons. The van der Waals surface area contributed by atoms with Crippen molar-refractivity contribution in [2.75, 3.05) is 6.54 Å². The van der Waals surface area contributed by atoms with Crippen LogP contribution in [0.25, 0.3) is 0 Å². The van der Waals surface area contributed by atoms with E-state index in [0.29, 0.717) is 19.3 Å². The SMILES string of the molecule is CC1(C)CC(N2C(=O)c3ccc(C(=O)O)cc3C2=O)CC(C)(CN2C(=O)c3ccc(C(=O)O)cc3C2=O)C1. The molecule has 2 heterocycles. The van der Waals surface area contributed by atoms with E-state index in [0.717, 1.165) is 4.90 Å². The molecule has 10 heteroatoms. The minimum Gasteiger partial charge on any atom is -0.478 e. The van der Waals surface area contributed by atoms with Crippen molar-refractivity contribution in [3.05, 3.63) is 69.8 Å². The lowest BCUT2D eigenvalue weighted by atomic mass is 9.62. The van der Waals surface area contributed by atoms with Gasteiger partial charge >= 0.3 is 11.9 Å². The van der Waals surface area contributed by atoms with Crippen molar-refractivity contribution in [2.45, 2.75) is 46.1 Å². The number of fused-ring (bicyclic) bond motifs is 2. The van der Waals surface area contributed by atoms with E-state index in [1.807, 2.05) is 20.8 Å². The first-order valence-corrected chi connectivity index (χ1v) is 12.2. The molecular formula is C28H26N2O8. The van der Waals surface area contributed by atoms with Crippen LogP contribution in [0.2, 0.25) is 0 Å². The molecule has 2 aromatic rings. The van der Waals surface area contributed by atoms with E-state index in [4.69, 9.17) is 0 Å². The molecule has 4 amide bonds. The molecule has 38 heavy (non-hydrogen) atoms. The largest absolute Gasteiger partial charge is 0.478 e. The average molecular weight is 519 g/mol. The molecule has 2 atom stereocenters. The Balaban J connectivity index is 1.43. The van der Waals surface area contributed by atoms with E-state index in [-0.39, 0.29) is 45.3 Å². The smallest absolute Gasteiger partial charge is 0.335 e. The molecule has 2 aromatic carbocycles. The summed E-state index contributed by atoms with van der Waals surface area (Å²) in [5.41, 5.74) is -0.796. The fourth-order valence-electron chi connectivity index (χ4n) is 6.55. The number of carboxylic acid groups (broad SMARTS) is 2. The van der Waals surface area contributed by atoms with Crippen molar-refractivity contribution in [3.63, 3.8) is 0 Å². The van der Waals surface area contributed by atoms with Gasteiger partial charge in [0.05, 0.1) is 33.4 Å². The molecule has 1 aliphatic carbocycles. The Kier molecular flexibility index (Phi) is 5.55. The molecule has 1 saturated carbocycles. The summed E-state index contributed by atoms with van der Waals surface area (Å²) in [6.07, 6.45) is 1.45. The first-order valence-electron chi connectivity index (χ1n) is 12.2. The van der Waals surface area contributed by atoms with Crippen LogP contribution in [0.5, 0.6) is 0 Å². The van der Waals surface area contributed by atoms with Crippen molar-refractivity contribution in [3.8, 4) is 0 Å². The monoisotopic (exact) mass is 518 g/mol. The number of rotatable bonds is 5. The van der Waals surface area contributed by atoms with E-state index in [9.17, 15) is 39.0 Å². The Morgan fingerprint density at radius 2 is 1.24 bits per heavy atom. The fourth-order valence-corrected chi connectivity index (χ4v) is 6.55. The van der Waals surface area contributed by atoms with Gasteiger partial charge in [0.15, 0.2) is 0 Å². The van der Waals surface area contributed by atoms with Gasteiger partial charge in [-0.25, -0.2) is 9.59 Å². The van der Waals surface area contributed by atoms with E-state index < -0.39 is 47.0 Å². The van der Waals surface area contributed by atoms with Crippen LogP contribution in [0.15, 0.2) is 36.4 Å². The minimum atomic E-state index is -1.20. The average Bonchev–Trinajstić information content (AvgIpc) is 3.21. The second kappa shape index (κ2) is 8.34. The number of hydrogen-bond donors (Lipinski definition) is 2. The highest BCUT2D eigenvalue weighted by Gasteiger charge is 2.50. The highest BCUT2D eigenvalue weighted by Crippen LogP contribution is 2.49. The summed E-state index contributed by atoms with van der Waals surface area (Å²) in [5.74, 6) is -4.53. The molecule has 2 unspecified atom stereocenters. The number of amides is 4. The van der Waals surface area contributed by atoms with Crippen LogP contribution in [0, 0.1) is 10.8 Å². The molecule has 2 N–H and O–H groups in total. The summed E-state index contributed by atoms with van der Waals surface area (Å²) in [5, 5.41) is 18.6. The Hall–Kier alpha value is -4.34. The van der Waals surface area contributed by atoms with Gasteiger partial charge in [-0.1, -0.05) is 20.8 Å². The zero-order valence-corrected chi connectivity index (χ0v) is 21.1. The molecule has 3 aliphatic rings. The molecule has 0 radical (unpaired) electrons. The van der Waals surface area contributed by atoms with E-state index in [1.54, 1.807) is 0 Å². The molecule has 2 aliphatic heterocycles. The number of carbonyl (C=O) groups is 6. The van der Waals surface area contributed by atoms with Gasteiger partial charge in [-0.05, 0) is 66.5 Å². The van der Waals surface area contributed by atoms with Crippen molar-refractivity contribution >= 4 is 35.6 Å². The maximum atomic E-state index is 13.3. The molecule has 0 bridgehead atoms. The summed E-state index contributed by atoms with van der Waals surface area (Å²) >= 11 is 0. The number of nitrogens with zero attached hydrogens (tertiary/aromatic N) is 2. The zero-order chi connectivity index (χ0) is 27.7. The predicted molar refractivity (Wildman–Crippen MR) is 132 cm³/mol. The van der Waals surface area contributed by atoms with Crippen LogP contribution in [0.1, 0.15) is 102 Å². The lowest BCUT2D eigenvalue weighted by Crippen LogP contribution is -2.52. The van der Waals surface area contributed by atoms with Crippen molar-refractivity contribution in [2.24, 2.45) is 10.8 Å². The zero-order valence-electron chi connectivity index (χ0n) is 21.1. The third-order valence-electron chi connectivity index (χ3n) is 7.71. The first-order chi connectivity index (χ1) is 17.7. The van der Waals surface area contributed by atoms with Crippen LogP contribution < -0.4 is 0 Å². The summed E-state index contributed by atoms with van der Waals surface area (Å²) in [4.78, 5) is 78.0. The van der Waals surface area contributed by atoms with E-state index >= 15 is 0 Å². The maximum absolute atomic E-state index is 13.3. The van der Waals surface area contributed by atoms with Gasteiger partial charge in [-0.2, -0.15) is 0 Å². The quantitative estimate of drug-likeness (QED) is 0.571. The Morgan fingerprint density at radius 1 is 0.763 bits per heavy atom. The highest BCUT2D eigenvalue weighted by atomic mass is 16.4. The topological polar surface area (TPSA) is 149 Å². The number of benzene rings is 2. The maximum Gasteiger partial charge on any atom is 0.335 e. The highest BCUT2D eigenvalue weighted by molar-refractivity contribution is 6.23. The van der Waals surface area contributed by atoms with Crippen molar-refractivity contribution in [1.29, 1.82) is 0 Å². The van der Waals surface area contributed by atoms with Crippen LogP contribution in [-0.4, -0.2) is 68.2 Å². The Morgan fingerprint density at radius 3 is 1.79 bits per heavy atom. The molecule has 10 nitrogen and oxygen atoms in total. The molecule has 0 saturated heterocycles. The Labute approximate surface area is 217 Å². The molecule has 1 fully saturated rings. The first kappa shape index (κ1) is 25.3. The minimum absolute atomic E-state index is 0.0357. The number of carboxylic acids is 2. The third-order valence-corrected chi connectivity index (χ3v) is 7.71. The van der Waals surface area contributed by atoms with Crippen LogP contribution in [0.3, 0.4) is 0 Å². The third kappa shape index (κ3) is 3.96. The number of hydrogen-bond acceptors (Lipinski definition) is 6. The number of imide groups is 2. The van der Waals surface area contributed by atoms with Gasteiger partial charge in [0.2, 0.25) is 0 Å². The summed E-state index contributed by atoms with van der Waals surface area (Å²) in [6.45, 7) is 5.95. The number of carbonyl (C=O) groups excluding carboxylic acids is 4. The summed E-state index contributed by atoms with van der Waals surface area (Å²) in [6, 6.07) is 7.18. The lowest BCUT2D eigenvalue weighted by molar-refractivity contribution is 0.00556. The van der Waals surface area contributed by atoms with E-state index in [2.05, 4.69) is 0 Å². The van der Waals surface area contributed by atoms with Gasteiger partial charge < -0.3 is 10.2 Å². The lowest BCUT2D eigenvalue weighted by Gasteiger charge is -2.49. The van der Waals surface area contributed by atoms with Gasteiger partial charge in [-0.15, -0.1) is 0 Å². The second-order valence-corrected chi connectivity index (χ2v) is 11.5. The number of aromatic carboxylic acids is 2. The van der Waals surface area contributed by atoms with Crippen molar-refractivity contribution < 1.29 is 39.0 Å². The summed E-state index contributed by atoms with van der Waals surface area (Å²) in [7, 11) is 0. The molecule has 5 rings (SSSR count). The standard InChI is InChI=1S/C28H26N2O8/c1-27(2)10-16(30-23(33)18-7-5-15(26(37)38)9-20(18)24(30)34)11-28(3,12-27)13-29-21(31)17-6-4-14(25(35)36)8-19(17)22(29)32/h4-9,16H,10-13H2,1-3H3,(H,35,36)(H,37,38). The molecule has 0 aromatic heterocycles. The Bertz CT molecular complexity index is 1480. The summed E-state index contributed by atoms with van der Waals surface area (Å²) < 4.78 is 0. The normalized spacial score (nSPS) is 24.0. The molecule has 0 spiro atoms. The van der Waals surface area contributed by atoms with Crippen LogP contribution in [0.4, 0.5) is 0 Å². The fraction of sp³-hybridized carbons (Fsp3) is 0.357. The van der Waals surface area contributed by atoms with Crippen molar-refractivity contribution in [1.82, 2.24) is 9.80 Å². The van der Waals surface area contributed by atoms with Gasteiger partial charge in [0.1, 0.15) is 0 Å². The van der Waals surface area contributed by atoms with Gasteiger partial charge in [0, 0.05) is 12.6 Å².